The summed E-state index contributed by atoms with van der Waals surface area (Å²) in [6.45, 7) is 27.1. The van der Waals surface area contributed by atoms with E-state index in [1.165, 1.54) is 33.4 Å². The summed E-state index contributed by atoms with van der Waals surface area (Å²) in [5.41, 5.74) is 14.1. The number of benzene rings is 4. The van der Waals surface area contributed by atoms with Gasteiger partial charge in [0.15, 0.2) is 0 Å². The van der Waals surface area contributed by atoms with Gasteiger partial charge in [-0.1, -0.05) is 105 Å². The Labute approximate surface area is 348 Å². The third-order valence-corrected chi connectivity index (χ3v) is 10.9. The fourth-order valence-corrected chi connectivity index (χ4v) is 8.01. The van der Waals surface area contributed by atoms with E-state index in [4.69, 9.17) is 14.8 Å². The largest absolute Gasteiger partial charge is 2.00 e. The Kier molecular flexibility index (Phi) is 12.2. The Hall–Kier alpha value is -4.47. The van der Waals surface area contributed by atoms with Crippen molar-refractivity contribution in [2.24, 2.45) is 5.92 Å². The zero-order valence-electron chi connectivity index (χ0n) is 35.1. The molecule has 4 aromatic carbocycles. The van der Waals surface area contributed by atoms with Gasteiger partial charge in [-0.25, -0.2) is 4.98 Å². The Balaban J connectivity index is 0.00000532. The number of aryl methyl sites for hydroxylation is 1. The monoisotopic (exact) mass is 923 g/mol. The second-order valence-electron chi connectivity index (χ2n) is 17.0. The molecule has 0 aliphatic rings. The average molecular weight is 924 g/mol. The number of rotatable bonds is 11. The molecule has 56 heavy (non-hydrogen) atoms. The fourth-order valence-electron chi connectivity index (χ4n) is 8.01. The standard InChI is InChI=1S/C50H56N4O.Pt/c1-29(2)21-36-19-20-51-48(22-36)53-46-16-14-13-15-42(46)43-18-17-40(28-47(43)53)55-41-24-37(30(3)4)23-39(27-41)54-35(12)49(34(11)52-54)50-44(32(7)8)25-38(31(5)6)26-45(50)33(9)10;/h13-20,22-26,29-33H,21H2,1-12H3;/q-2;+2. The van der Waals surface area contributed by atoms with E-state index in [0.717, 1.165) is 56.7 Å². The number of nitrogens with zero attached hydrogens (tertiary/aromatic N) is 4. The van der Waals surface area contributed by atoms with E-state index in [2.05, 4.69) is 171 Å². The van der Waals surface area contributed by atoms with Crippen LogP contribution in [0.25, 0.3) is 44.4 Å². The number of aromatic nitrogens is 4. The molecule has 292 valence electrons. The van der Waals surface area contributed by atoms with E-state index in [0.29, 0.717) is 35.2 Å². The number of hydrogen-bond acceptors (Lipinski definition) is 3. The molecular weight excluding hydrogens is 868 g/mol. The number of para-hydroxylation sites is 1. The first-order valence-electron chi connectivity index (χ1n) is 20.1. The molecule has 0 aliphatic heterocycles. The first-order chi connectivity index (χ1) is 26.2. The molecule has 6 heteroatoms. The van der Waals surface area contributed by atoms with Gasteiger partial charge < -0.3 is 9.30 Å². The van der Waals surface area contributed by atoms with Crippen molar-refractivity contribution in [1.82, 2.24) is 19.3 Å². The molecule has 0 unspecified atom stereocenters. The summed E-state index contributed by atoms with van der Waals surface area (Å²) in [5, 5.41) is 7.48. The molecule has 7 rings (SSSR count). The van der Waals surface area contributed by atoms with Crippen LogP contribution in [-0.2, 0) is 27.5 Å². The maximum atomic E-state index is 6.71. The Morgan fingerprint density at radius 1 is 0.661 bits per heavy atom. The molecule has 0 saturated carbocycles. The Morgan fingerprint density at radius 2 is 1.32 bits per heavy atom. The van der Waals surface area contributed by atoms with Crippen LogP contribution in [0.15, 0.2) is 79.0 Å². The van der Waals surface area contributed by atoms with Crippen molar-refractivity contribution in [3.05, 3.63) is 130 Å². The average Bonchev–Trinajstić information content (AvgIpc) is 3.62. The van der Waals surface area contributed by atoms with E-state index in [-0.39, 0.29) is 27.0 Å². The van der Waals surface area contributed by atoms with Crippen molar-refractivity contribution in [1.29, 1.82) is 0 Å². The fraction of sp³-hybridized carbons (Fsp3) is 0.360. The minimum atomic E-state index is 0. The van der Waals surface area contributed by atoms with E-state index in [1.54, 1.807) is 0 Å². The van der Waals surface area contributed by atoms with Crippen LogP contribution in [0.5, 0.6) is 11.5 Å². The summed E-state index contributed by atoms with van der Waals surface area (Å²) in [4.78, 5) is 4.85. The number of pyridine rings is 1. The molecule has 0 N–H and O–H groups in total. The predicted octanol–water partition coefficient (Wildman–Crippen LogP) is 13.7. The summed E-state index contributed by atoms with van der Waals surface area (Å²) >= 11 is 0. The van der Waals surface area contributed by atoms with Gasteiger partial charge in [0, 0.05) is 34.5 Å². The van der Waals surface area contributed by atoms with Crippen molar-refractivity contribution >= 4 is 21.8 Å². The summed E-state index contributed by atoms with van der Waals surface area (Å²) in [6.07, 6.45) is 2.91. The topological polar surface area (TPSA) is 44.9 Å². The van der Waals surface area contributed by atoms with Crippen LogP contribution in [0.4, 0.5) is 0 Å². The van der Waals surface area contributed by atoms with Crippen LogP contribution in [-0.4, -0.2) is 19.3 Å². The van der Waals surface area contributed by atoms with Gasteiger partial charge in [-0.05, 0) is 107 Å². The maximum absolute atomic E-state index is 6.71. The zero-order valence-corrected chi connectivity index (χ0v) is 37.4. The van der Waals surface area contributed by atoms with Crippen LogP contribution in [0.1, 0.15) is 132 Å². The summed E-state index contributed by atoms with van der Waals surface area (Å²) in [7, 11) is 0. The van der Waals surface area contributed by atoms with Gasteiger partial charge in [0.2, 0.25) is 0 Å². The number of fused-ring (bicyclic) bond motifs is 3. The smallest absolute Gasteiger partial charge is 0.509 e. The molecule has 0 radical (unpaired) electrons. The van der Waals surface area contributed by atoms with Crippen LogP contribution < -0.4 is 4.74 Å². The minimum Gasteiger partial charge on any atom is -0.509 e. The van der Waals surface area contributed by atoms with Crippen molar-refractivity contribution in [3.8, 4) is 34.1 Å². The predicted molar refractivity (Wildman–Crippen MR) is 230 cm³/mol. The molecule has 5 nitrogen and oxygen atoms in total. The Bertz CT molecular complexity index is 2490. The molecule has 7 aromatic rings. The van der Waals surface area contributed by atoms with Gasteiger partial charge in [-0.2, -0.15) is 11.2 Å². The minimum absolute atomic E-state index is 0. The molecule has 0 amide bonds. The third kappa shape index (κ3) is 7.90. The molecule has 0 aliphatic carbocycles. The van der Waals surface area contributed by atoms with Crippen molar-refractivity contribution in [3.63, 3.8) is 0 Å². The van der Waals surface area contributed by atoms with Crippen LogP contribution in [0.3, 0.4) is 0 Å². The van der Waals surface area contributed by atoms with Crippen LogP contribution >= 0.6 is 0 Å². The van der Waals surface area contributed by atoms with Gasteiger partial charge in [0.05, 0.1) is 5.69 Å². The van der Waals surface area contributed by atoms with Gasteiger partial charge in [0.25, 0.3) is 0 Å². The quantitative estimate of drug-likeness (QED) is 0.121. The molecule has 0 saturated heterocycles. The molecule has 0 fully saturated rings. The molecule has 3 aromatic heterocycles. The van der Waals surface area contributed by atoms with Crippen LogP contribution in [0.2, 0.25) is 0 Å². The second kappa shape index (κ2) is 16.6. The third-order valence-electron chi connectivity index (χ3n) is 10.9. The number of ether oxygens (including phenoxy) is 1. The number of hydrogen-bond donors (Lipinski definition) is 0. The van der Waals surface area contributed by atoms with E-state index in [9.17, 15) is 0 Å². The zero-order chi connectivity index (χ0) is 39.3. The normalized spacial score (nSPS) is 11.9. The van der Waals surface area contributed by atoms with Gasteiger partial charge in [-0.3, -0.25) is 4.68 Å². The van der Waals surface area contributed by atoms with Crippen molar-refractivity contribution < 1.29 is 25.8 Å². The molecule has 0 bridgehead atoms. The maximum Gasteiger partial charge on any atom is 2.00 e. The Morgan fingerprint density at radius 3 is 1.96 bits per heavy atom. The van der Waals surface area contributed by atoms with Gasteiger partial charge >= 0.3 is 21.1 Å². The second-order valence-corrected chi connectivity index (χ2v) is 17.0. The summed E-state index contributed by atoms with van der Waals surface area (Å²) in [5.74, 6) is 4.17. The summed E-state index contributed by atoms with van der Waals surface area (Å²) < 4.78 is 11.0. The first-order valence-corrected chi connectivity index (χ1v) is 20.1. The van der Waals surface area contributed by atoms with Crippen molar-refractivity contribution in [2.75, 3.05) is 0 Å². The molecule has 3 heterocycles. The van der Waals surface area contributed by atoms with E-state index < -0.39 is 0 Å². The van der Waals surface area contributed by atoms with Gasteiger partial charge in [-0.15, -0.1) is 41.3 Å². The van der Waals surface area contributed by atoms with Gasteiger partial charge in [0.1, 0.15) is 5.82 Å². The van der Waals surface area contributed by atoms with Crippen molar-refractivity contribution in [2.45, 2.75) is 113 Å². The van der Waals surface area contributed by atoms with Crippen LogP contribution in [0, 0.1) is 31.9 Å². The summed E-state index contributed by atoms with van der Waals surface area (Å²) in [6, 6.07) is 33.4. The molecule has 0 atom stereocenters. The first kappa shape index (κ1) is 41.2. The molecular formula is C50H56N4OPt. The van der Waals surface area contributed by atoms with E-state index in [1.807, 2.05) is 12.3 Å². The SMILES string of the molecule is Cc1nn(-c2[c-]c(Oc3[c-]c4c(cc3)c3ccccc3n4-c3cc(CC(C)C)ccn3)cc(C(C)C)c2)c(C)c1-c1c(C(C)C)cc(C(C)C)cc1C(C)C.[Pt+2]. The molecule has 0 spiro atoms. The van der Waals surface area contributed by atoms with E-state index >= 15 is 0 Å².